The van der Waals surface area contributed by atoms with Gasteiger partial charge in [0.15, 0.2) is 5.13 Å². The summed E-state index contributed by atoms with van der Waals surface area (Å²) in [5.41, 5.74) is -0.318. The number of hydrogen-bond donors (Lipinski definition) is 1. The third-order valence-electron chi connectivity index (χ3n) is 3.00. The van der Waals surface area contributed by atoms with Crippen LogP contribution in [0, 0.1) is 0 Å². The first kappa shape index (κ1) is 20.3. The van der Waals surface area contributed by atoms with Gasteiger partial charge in [-0.1, -0.05) is 24.7 Å². The summed E-state index contributed by atoms with van der Waals surface area (Å²) in [5.74, 6) is 1.22. The van der Waals surface area contributed by atoms with Crippen LogP contribution in [0.15, 0.2) is 10.4 Å². The standard InChI is InChI=1S/C11H19N3S2.C5H10O2/c1-2-3-8-15-10-9-13-11(16-10)14-6-4-12-5-7-14;1-5(2,3)7-4-6/h9,12H,2-8H2,1H3;4H,1-3H3. The first-order valence-corrected chi connectivity index (χ1v) is 9.92. The van der Waals surface area contributed by atoms with Gasteiger partial charge >= 0.3 is 0 Å². The van der Waals surface area contributed by atoms with Crippen molar-refractivity contribution >= 4 is 34.7 Å². The van der Waals surface area contributed by atoms with Crippen LogP contribution in [-0.2, 0) is 9.53 Å². The van der Waals surface area contributed by atoms with Gasteiger partial charge in [0, 0.05) is 26.2 Å². The number of ether oxygens (including phenoxy) is 1. The minimum Gasteiger partial charge on any atom is -0.462 e. The van der Waals surface area contributed by atoms with Crippen molar-refractivity contribution in [1.29, 1.82) is 0 Å². The van der Waals surface area contributed by atoms with Crippen molar-refractivity contribution in [1.82, 2.24) is 10.3 Å². The minimum atomic E-state index is -0.318. The van der Waals surface area contributed by atoms with Gasteiger partial charge in [-0.05, 0) is 32.9 Å². The number of carbonyl (C=O) groups is 1. The third-order valence-corrected chi connectivity index (χ3v) is 5.34. The molecule has 0 radical (unpaired) electrons. The van der Waals surface area contributed by atoms with E-state index in [9.17, 15) is 4.79 Å². The van der Waals surface area contributed by atoms with Gasteiger partial charge in [0.25, 0.3) is 6.47 Å². The van der Waals surface area contributed by atoms with Crippen molar-refractivity contribution in [3.05, 3.63) is 6.20 Å². The number of thioether (sulfide) groups is 1. The summed E-state index contributed by atoms with van der Waals surface area (Å²) in [5, 5.41) is 4.56. The van der Waals surface area contributed by atoms with Gasteiger partial charge in [-0.25, -0.2) is 4.98 Å². The Labute approximate surface area is 148 Å². The van der Waals surface area contributed by atoms with Gasteiger partial charge in [0.2, 0.25) is 0 Å². The molecular weight excluding hydrogens is 330 g/mol. The topological polar surface area (TPSA) is 54.5 Å². The number of rotatable bonds is 6. The Bertz CT molecular complexity index is 441. The van der Waals surface area contributed by atoms with E-state index in [1.165, 1.54) is 27.9 Å². The first-order valence-electron chi connectivity index (χ1n) is 8.12. The van der Waals surface area contributed by atoms with Crippen LogP contribution >= 0.6 is 23.1 Å². The molecule has 1 fully saturated rings. The smallest absolute Gasteiger partial charge is 0.293 e. The lowest BCUT2D eigenvalue weighted by Crippen LogP contribution is -2.43. The number of unbranched alkanes of at least 4 members (excludes halogenated alkanes) is 1. The Hall–Kier alpha value is -0.790. The molecule has 2 heterocycles. The summed E-state index contributed by atoms with van der Waals surface area (Å²) in [4.78, 5) is 16.5. The van der Waals surface area contributed by atoms with Crippen LogP contribution in [0.4, 0.5) is 5.13 Å². The molecule has 1 saturated heterocycles. The molecule has 7 heteroatoms. The van der Waals surface area contributed by atoms with Crippen LogP contribution in [0.2, 0.25) is 0 Å². The van der Waals surface area contributed by atoms with Crippen LogP contribution < -0.4 is 10.2 Å². The molecule has 1 aliphatic heterocycles. The molecule has 1 aliphatic rings. The summed E-state index contributed by atoms with van der Waals surface area (Å²) >= 11 is 3.78. The number of nitrogens with one attached hydrogen (secondary N) is 1. The van der Waals surface area contributed by atoms with E-state index >= 15 is 0 Å². The van der Waals surface area contributed by atoms with Gasteiger partial charge in [-0.3, -0.25) is 4.79 Å². The Kier molecular flexibility index (Phi) is 9.59. The monoisotopic (exact) mass is 359 g/mol. The zero-order valence-corrected chi connectivity index (χ0v) is 16.3. The molecule has 0 aromatic carbocycles. The highest BCUT2D eigenvalue weighted by Gasteiger charge is 2.13. The van der Waals surface area contributed by atoms with Crippen LogP contribution in [0.3, 0.4) is 0 Å². The fourth-order valence-corrected chi connectivity index (χ4v) is 3.95. The molecule has 0 spiro atoms. The van der Waals surface area contributed by atoms with E-state index < -0.39 is 0 Å². The van der Waals surface area contributed by atoms with E-state index in [1.807, 2.05) is 50.1 Å². The number of nitrogens with zero attached hydrogens (tertiary/aromatic N) is 2. The van der Waals surface area contributed by atoms with E-state index in [2.05, 4.69) is 26.9 Å². The molecule has 1 N–H and O–H groups in total. The van der Waals surface area contributed by atoms with Crippen molar-refractivity contribution in [2.75, 3.05) is 36.8 Å². The number of carbonyl (C=O) groups excluding carboxylic acids is 1. The van der Waals surface area contributed by atoms with E-state index in [4.69, 9.17) is 0 Å². The van der Waals surface area contributed by atoms with Crippen LogP contribution in [-0.4, -0.2) is 49.0 Å². The van der Waals surface area contributed by atoms with E-state index in [-0.39, 0.29) is 5.60 Å². The average molecular weight is 360 g/mol. The summed E-state index contributed by atoms with van der Waals surface area (Å²) < 4.78 is 5.91. The highest BCUT2D eigenvalue weighted by atomic mass is 32.2. The highest BCUT2D eigenvalue weighted by molar-refractivity contribution is 8.01. The van der Waals surface area contributed by atoms with Crippen LogP contribution in [0.1, 0.15) is 40.5 Å². The number of hydrogen-bond acceptors (Lipinski definition) is 7. The van der Waals surface area contributed by atoms with Crippen molar-refractivity contribution in [2.24, 2.45) is 0 Å². The molecule has 5 nitrogen and oxygen atoms in total. The molecule has 0 unspecified atom stereocenters. The summed E-state index contributed by atoms with van der Waals surface area (Å²) in [6, 6.07) is 0. The third kappa shape index (κ3) is 9.17. The average Bonchev–Trinajstić information content (AvgIpc) is 2.97. The molecule has 0 bridgehead atoms. The van der Waals surface area contributed by atoms with Gasteiger partial charge in [-0.15, -0.1) is 11.8 Å². The van der Waals surface area contributed by atoms with Crippen molar-refractivity contribution in [3.63, 3.8) is 0 Å². The van der Waals surface area contributed by atoms with Gasteiger partial charge in [0.05, 0.1) is 10.4 Å². The molecular formula is C16H29N3O2S2. The largest absolute Gasteiger partial charge is 0.462 e. The Morgan fingerprint density at radius 3 is 2.65 bits per heavy atom. The second kappa shape index (κ2) is 10.9. The molecule has 1 aromatic heterocycles. The molecule has 0 atom stereocenters. The molecule has 0 saturated carbocycles. The second-order valence-corrected chi connectivity index (χ2v) is 8.63. The Balaban J connectivity index is 0.000000322. The molecule has 1 aromatic rings. The number of aromatic nitrogens is 1. The van der Waals surface area contributed by atoms with Crippen LogP contribution in [0.5, 0.6) is 0 Å². The van der Waals surface area contributed by atoms with Crippen LogP contribution in [0.25, 0.3) is 0 Å². The van der Waals surface area contributed by atoms with Gasteiger partial charge < -0.3 is 15.0 Å². The van der Waals surface area contributed by atoms with Gasteiger partial charge in [-0.2, -0.15) is 0 Å². The maximum atomic E-state index is 9.60. The number of piperazine rings is 1. The van der Waals surface area contributed by atoms with E-state index in [1.54, 1.807) is 0 Å². The maximum absolute atomic E-state index is 9.60. The van der Waals surface area contributed by atoms with Crippen molar-refractivity contribution in [2.45, 2.75) is 50.3 Å². The lowest BCUT2D eigenvalue weighted by atomic mass is 10.2. The molecule has 0 amide bonds. The lowest BCUT2D eigenvalue weighted by molar-refractivity contribution is -0.138. The minimum absolute atomic E-state index is 0.318. The molecule has 2 rings (SSSR count). The Morgan fingerprint density at radius 2 is 2.13 bits per heavy atom. The van der Waals surface area contributed by atoms with E-state index in [0.717, 1.165) is 26.2 Å². The first-order chi connectivity index (χ1) is 11.0. The fraction of sp³-hybridized carbons (Fsp3) is 0.750. The van der Waals surface area contributed by atoms with E-state index in [0.29, 0.717) is 6.47 Å². The Morgan fingerprint density at radius 1 is 1.43 bits per heavy atom. The number of thiazole rings is 1. The molecule has 0 aliphatic carbocycles. The lowest BCUT2D eigenvalue weighted by Gasteiger charge is -2.26. The zero-order chi connectivity index (χ0) is 17.1. The fourth-order valence-electron chi connectivity index (χ4n) is 1.78. The quantitative estimate of drug-likeness (QED) is 0.477. The molecule has 23 heavy (non-hydrogen) atoms. The molecule has 132 valence electrons. The van der Waals surface area contributed by atoms with Crippen molar-refractivity contribution < 1.29 is 9.53 Å². The highest BCUT2D eigenvalue weighted by Crippen LogP contribution is 2.31. The predicted octanol–water partition coefficient (Wildman–Crippen LogP) is 3.40. The summed E-state index contributed by atoms with van der Waals surface area (Å²) in [6.45, 7) is 12.5. The summed E-state index contributed by atoms with van der Waals surface area (Å²) in [6.07, 6.45) is 4.60. The van der Waals surface area contributed by atoms with Crippen molar-refractivity contribution in [3.8, 4) is 0 Å². The predicted molar refractivity (Wildman–Crippen MR) is 99.7 cm³/mol. The second-order valence-electron chi connectivity index (χ2n) is 6.23. The van der Waals surface area contributed by atoms with Gasteiger partial charge in [0.1, 0.15) is 5.60 Å². The SMILES string of the molecule is CC(C)(C)OC=O.CCCCSc1cnc(N2CCNCC2)s1. The summed E-state index contributed by atoms with van der Waals surface area (Å²) in [7, 11) is 0. The zero-order valence-electron chi connectivity index (χ0n) is 14.6. The normalized spacial score (nSPS) is 14.9. The maximum Gasteiger partial charge on any atom is 0.293 e. The number of anilines is 1.